The summed E-state index contributed by atoms with van der Waals surface area (Å²) in [5.41, 5.74) is 4.36. The molecule has 2 N–H and O–H groups in total. The Kier molecular flexibility index (Phi) is 5.44. The Morgan fingerprint density at radius 3 is 2.43 bits per heavy atom. The van der Waals surface area contributed by atoms with Gasteiger partial charge in [0, 0.05) is 35.1 Å². The first-order valence-corrected chi connectivity index (χ1v) is 9.22. The lowest BCUT2D eigenvalue weighted by molar-refractivity contribution is -0.121. The largest absolute Gasteiger partial charge is 0.349 e. The number of nitrogens with zero attached hydrogens (tertiary/aromatic N) is 3. The molecule has 3 rings (SSSR count). The van der Waals surface area contributed by atoms with Crippen molar-refractivity contribution in [3.8, 4) is 11.4 Å². The van der Waals surface area contributed by atoms with Crippen molar-refractivity contribution in [2.24, 2.45) is 7.05 Å². The van der Waals surface area contributed by atoms with Crippen LogP contribution >= 0.6 is 0 Å². The zero-order valence-electron chi connectivity index (χ0n) is 16.8. The molecule has 1 amide bonds. The summed E-state index contributed by atoms with van der Waals surface area (Å²) < 4.78 is 1.80. The Morgan fingerprint density at radius 2 is 1.86 bits per heavy atom. The third-order valence-electron chi connectivity index (χ3n) is 4.98. The molecular formula is C21H25N5O2. The van der Waals surface area contributed by atoms with Crippen molar-refractivity contribution in [2.75, 3.05) is 0 Å². The molecule has 7 nitrogen and oxygen atoms in total. The maximum atomic E-state index is 12.6. The molecule has 1 aromatic carbocycles. The first-order valence-electron chi connectivity index (χ1n) is 9.22. The van der Waals surface area contributed by atoms with Gasteiger partial charge in [-0.25, -0.2) is 4.98 Å². The molecule has 3 aromatic rings. The van der Waals surface area contributed by atoms with E-state index in [-0.39, 0.29) is 23.9 Å². The van der Waals surface area contributed by atoms with Crippen LogP contribution in [0.2, 0.25) is 0 Å². The van der Waals surface area contributed by atoms with Crippen LogP contribution in [0.3, 0.4) is 0 Å². The lowest BCUT2D eigenvalue weighted by Gasteiger charge is -2.15. The van der Waals surface area contributed by atoms with Crippen LogP contribution in [0.15, 0.2) is 35.1 Å². The number of carbonyl (C=O) groups is 1. The predicted molar refractivity (Wildman–Crippen MR) is 108 cm³/mol. The summed E-state index contributed by atoms with van der Waals surface area (Å²) in [5.74, 6) is 0.278. The van der Waals surface area contributed by atoms with Gasteiger partial charge in [-0.2, -0.15) is 5.10 Å². The Bertz CT molecular complexity index is 1070. The van der Waals surface area contributed by atoms with Crippen LogP contribution in [0.25, 0.3) is 11.4 Å². The Labute approximate surface area is 163 Å². The average molecular weight is 379 g/mol. The minimum absolute atomic E-state index is 0.0219. The zero-order chi connectivity index (χ0) is 20.4. The number of nitrogens with one attached hydrogen (secondary N) is 2. The predicted octanol–water partition coefficient (Wildman–Crippen LogP) is 2.52. The fraction of sp³-hybridized carbons (Fsp3) is 0.333. The van der Waals surface area contributed by atoms with Crippen LogP contribution in [0.1, 0.15) is 41.2 Å². The summed E-state index contributed by atoms with van der Waals surface area (Å²) in [7, 11) is 1.88. The Hall–Kier alpha value is -3.22. The van der Waals surface area contributed by atoms with Gasteiger partial charge >= 0.3 is 0 Å². The van der Waals surface area contributed by atoms with Crippen molar-refractivity contribution in [1.82, 2.24) is 25.1 Å². The van der Waals surface area contributed by atoms with Crippen molar-refractivity contribution >= 4 is 5.91 Å². The van der Waals surface area contributed by atoms with Gasteiger partial charge in [0.15, 0.2) is 0 Å². The molecule has 1 atom stereocenters. The molecule has 2 aromatic heterocycles. The van der Waals surface area contributed by atoms with Gasteiger partial charge in [0.25, 0.3) is 5.56 Å². The molecule has 146 valence electrons. The monoisotopic (exact) mass is 379 g/mol. The quantitative estimate of drug-likeness (QED) is 0.712. The van der Waals surface area contributed by atoms with Crippen molar-refractivity contribution in [3.05, 3.63) is 68.9 Å². The summed E-state index contributed by atoms with van der Waals surface area (Å²) in [4.78, 5) is 32.4. The second kappa shape index (κ2) is 7.80. The molecule has 0 bridgehead atoms. The number of hydrogen-bond donors (Lipinski definition) is 2. The van der Waals surface area contributed by atoms with Gasteiger partial charge in [0.1, 0.15) is 5.82 Å². The molecule has 0 saturated carbocycles. The van der Waals surface area contributed by atoms with Gasteiger partial charge in [-0.05, 0) is 27.7 Å². The summed E-state index contributed by atoms with van der Waals surface area (Å²) in [6, 6.07) is 9.23. The van der Waals surface area contributed by atoms with E-state index in [1.165, 1.54) is 0 Å². The molecule has 0 fully saturated rings. The molecule has 2 heterocycles. The molecule has 0 aliphatic heterocycles. The van der Waals surface area contributed by atoms with Gasteiger partial charge in [-0.3, -0.25) is 14.3 Å². The highest BCUT2D eigenvalue weighted by Crippen LogP contribution is 2.21. The van der Waals surface area contributed by atoms with E-state index in [1.807, 2.05) is 58.2 Å². The van der Waals surface area contributed by atoms with Crippen molar-refractivity contribution in [3.63, 3.8) is 0 Å². The number of benzene rings is 1. The fourth-order valence-electron chi connectivity index (χ4n) is 3.49. The van der Waals surface area contributed by atoms with Crippen LogP contribution in [0, 0.1) is 20.8 Å². The van der Waals surface area contributed by atoms with Gasteiger partial charge < -0.3 is 10.3 Å². The average Bonchev–Trinajstić information content (AvgIpc) is 2.90. The molecular weight excluding hydrogens is 354 g/mol. The molecule has 0 aliphatic carbocycles. The second-order valence-corrected chi connectivity index (χ2v) is 7.02. The third-order valence-corrected chi connectivity index (χ3v) is 4.98. The highest BCUT2D eigenvalue weighted by Gasteiger charge is 2.20. The minimum atomic E-state index is -0.289. The topological polar surface area (TPSA) is 92.7 Å². The molecule has 7 heteroatoms. The van der Waals surface area contributed by atoms with Crippen LogP contribution in [0.4, 0.5) is 0 Å². The smallest absolute Gasteiger partial charge is 0.255 e. The number of amides is 1. The molecule has 28 heavy (non-hydrogen) atoms. The second-order valence-electron chi connectivity index (χ2n) is 7.02. The van der Waals surface area contributed by atoms with E-state index in [9.17, 15) is 9.59 Å². The van der Waals surface area contributed by atoms with Crippen LogP contribution < -0.4 is 10.9 Å². The van der Waals surface area contributed by atoms with E-state index in [0.717, 1.165) is 22.5 Å². The lowest BCUT2D eigenvalue weighted by Crippen LogP contribution is -2.31. The maximum absolute atomic E-state index is 12.6. The number of rotatable bonds is 5. The molecule has 0 spiro atoms. The van der Waals surface area contributed by atoms with Crippen LogP contribution in [-0.2, 0) is 18.3 Å². The van der Waals surface area contributed by atoms with Crippen LogP contribution in [-0.4, -0.2) is 25.7 Å². The van der Waals surface area contributed by atoms with Crippen molar-refractivity contribution in [2.45, 2.75) is 40.2 Å². The Morgan fingerprint density at radius 1 is 1.18 bits per heavy atom. The SMILES string of the molecule is Cc1nn(C)c(C)c1C(C)NC(=O)Cc1c(C)nc(-c2ccccc2)[nH]c1=O. The van der Waals surface area contributed by atoms with E-state index in [2.05, 4.69) is 20.4 Å². The minimum Gasteiger partial charge on any atom is -0.349 e. The number of aromatic nitrogens is 4. The number of aromatic amines is 1. The van der Waals surface area contributed by atoms with E-state index >= 15 is 0 Å². The lowest BCUT2D eigenvalue weighted by atomic mass is 10.1. The van der Waals surface area contributed by atoms with E-state index in [1.54, 1.807) is 11.6 Å². The fourth-order valence-corrected chi connectivity index (χ4v) is 3.49. The number of hydrogen-bond acceptors (Lipinski definition) is 4. The standard InChI is InChI=1S/C21H25N5O2/c1-12-17(21(28)24-20(23-12)16-9-7-6-8-10-16)11-18(27)22-13(2)19-14(3)25-26(5)15(19)4/h6-10,13H,11H2,1-5H3,(H,22,27)(H,23,24,28). The first-order chi connectivity index (χ1) is 13.3. The number of aryl methyl sites for hydroxylation is 3. The third kappa shape index (κ3) is 3.88. The van der Waals surface area contributed by atoms with Crippen molar-refractivity contribution in [1.29, 1.82) is 0 Å². The van der Waals surface area contributed by atoms with E-state index in [4.69, 9.17) is 0 Å². The van der Waals surface area contributed by atoms with E-state index < -0.39 is 0 Å². The molecule has 0 aliphatic rings. The van der Waals surface area contributed by atoms with Crippen molar-refractivity contribution < 1.29 is 4.79 Å². The summed E-state index contributed by atoms with van der Waals surface area (Å²) >= 11 is 0. The highest BCUT2D eigenvalue weighted by molar-refractivity contribution is 5.79. The molecule has 0 saturated heterocycles. The number of carbonyl (C=O) groups excluding carboxylic acids is 1. The first kappa shape index (κ1) is 19.5. The Balaban J connectivity index is 1.78. The molecule has 0 radical (unpaired) electrons. The van der Waals surface area contributed by atoms with E-state index in [0.29, 0.717) is 17.1 Å². The summed E-state index contributed by atoms with van der Waals surface area (Å²) in [6.45, 7) is 7.57. The van der Waals surface area contributed by atoms with Gasteiger partial charge in [0.05, 0.1) is 18.2 Å². The van der Waals surface area contributed by atoms with Crippen LogP contribution in [0.5, 0.6) is 0 Å². The number of H-pyrrole nitrogens is 1. The zero-order valence-corrected chi connectivity index (χ0v) is 16.8. The van der Waals surface area contributed by atoms with Gasteiger partial charge in [-0.15, -0.1) is 0 Å². The van der Waals surface area contributed by atoms with Gasteiger partial charge in [-0.1, -0.05) is 30.3 Å². The summed E-state index contributed by atoms with van der Waals surface area (Å²) in [6.07, 6.45) is -0.0219. The normalized spacial score (nSPS) is 12.0. The van der Waals surface area contributed by atoms with Gasteiger partial charge in [0.2, 0.25) is 5.91 Å². The highest BCUT2D eigenvalue weighted by atomic mass is 16.2. The summed E-state index contributed by atoms with van der Waals surface area (Å²) in [5, 5.41) is 7.36. The maximum Gasteiger partial charge on any atom is 0.255 e. The molecule has 1 unspecified atom stereocenters.